The standard InChI is InChI=1S/C24H36N4O4S/c1-3-5-6-7-11-18-32-23-22(20-25-28(24(23)29)21-12-9-8-10-13-21)26-14-16-27(17-15-26)33(30,31)19-4-2/h8-10,12-13,20H,3-7,11,14-19H2,1-2H3. The van der Waals surface area contributed by atoms with Gasteiger partial charge in [0, 0.05) is 26.2 Å². The molecule has 2 heterocycles. The molecule has 2 aromatic rings. The molecule has 8 nitrogen and oxygen atoms in total. The number of benzene rings is 1. The minimum Gasteiger partial charge on any atom is -0.486 e. The van der Waals surface area contributed by atoms with E-state index in [4.69, 9.17) is 4.74 Å². The van der Waals surface area contributed by atoms with Crippen LogP contribution in [0.3, 0.4) is 0 Å². The molecule has 0 bridgehead atoms. The van der Waals surface area contributed by atoms with Crippen LogP contribution >= 0.6 is 0 Å². The summed E-state index contributed by atoms with van der Waals surface area (Å²) in [7, 11) is -3.23. The summed E-state index contributed by atoms with van der Waals surface area (Å²) in [6.45, 7) is 6.28. The van der Waals surface area contributed by atoms with Crippen LogP contribution in [0.5, 0.6) is 5.75 Å². The predicted molar refractivity (Wildman–Crippen MR) is 132 cm³/mol. The van der Waals surface area contributed by atoms with Gasteiger partial charge in [0.25, 0.3) is 0 Å². The molecule has 3 rings (SSSR count). The number of aromatic nitrogens is 2. The highest BCUT2D eigenvalue weighted by Crippen LogP contribution is 2.26. The number of sulfonamides is 1. The Morgan fingerprint density at radius 1 is 0.939 bits per heavy atom. The molecule has 0 aliphatic carbocycles. The molecule has 1 saturated heterocycles. The Morgan fingerprint density at radius 2 is 1.64 bits per heavy atom. The second-order valence-corrected chi connectivity index (χ2v) is 10.5. The summed E-state index contributed by atoms with van der Waals surface area (Å²) in [5, 5.41) is 4.40. The summed E-state index contributed by atoms with van der Waals surface area (Å²) in [6.07, 6.45) is 7.75. The third kappa shape index (κ3) is 6.57. The Hall–Kier alpha value is -2.39. The topological polar surface area (TPSA) is 84.7 Å². The van der Waals surface area contributed by atoms with Crippen molar-refractivity contribution in [2.24, 2.45) is 0 Å². The van der Waals surface area contributed by atoms with Gasteiger partial charge in [0.15, 0.2) is 0 Å². The Morgan fingerprint density at radius 3 is 2.30 bits per heavy atom. The Balaban J connectivity index is 1.80. The van der Waals surface area contributed by atoms with Crippen LogP contribution in [0.2, 0.25) is 0 Å². The lowest BCUT2D eigenvalue weighted by Gasteiger charge is -2.35. The van der Waals surface area contributed by atoms with E-state index < -0.39 is 10.0 Å². The van der Waals surface area contributed by atoms with Crippen molar-refractivity contribution in [1.82, 2.24) is 14.1 Å². The van der Waals surface area contributed by atoms with E-state index in [0.717, 1.165) is 19.3 Å². The number of hydrogen-bond donors (Lipinski definition) is 0. The second-order valence-electron chi connectivity index (χ2n) is 8.38. The first kappa shape index (κ1) is 25.2. The van der Waals surface area contributed by atoms with Crippen LogP contribution in [-0.4, -0.2) is 61.0 Å². The molecular weight excluding hydrogens is 440 g/mol. The molecule has 0 spiro atoms. The van der Waals surface area contributed by atoms with Gasteiger partial charge in [0.1, 0.15) is 5.69 Å². The summed E-state index contributed by atoms with van der Waals surface area (Å²) in [5.74, 6) is 0.447. The van der Waals surface area contributed by atoms with E-state index >= 15 is 0 Å². The molecule has 1 aromatic heterocycles. The Labute approximate surface area is 197 Å². The van der Waals surface area contributed by atoms with Crippen LogP contribution in [-0.2, 0) is 10.0 Å². The van der Waals surface area contributed by atoms with Gasteiger partial charge in [0.05, 0.1) is 24.2 Å². The highest BCUT2D eigenvalue weighted by Gasteiger charge is 2.28. The summed E-state index contributed by atoms with van der Waals surface area (Å²) >= 11 is 0. The molecule has 9 heteroatoms. The van der Waals surface area contributed by atoms with Gasteiger partial charge in [-0.15, -0.1) is 0 Å². The molecule has 0 amide bonds. The first-order chi connectivity index (χ1) is 16.0. The van der Waals surface area contributed by atoms with Crippen molar-refractivity contribution in [3.8, 4) is 11.4 Å². The molecule has 182 valence electrons. The van der Waals surface area contributed by atoms with E-state index in [1.165, 1.54) is 17.5 Å². The van der Waals surface area contributed by atoms with Crippen molar-refractivity contribution in [2.75, 3.05) is 43.4 Å². The monoisotopic (exact) mass is 476 g/mol. The lowest BCUT2D eigenvalue weighted by molar-refractivity contribution is 0.297. The molecule has 1 aliphatic heterocycles. The van der Waals surface area contributed by atoms with Crippen molar-refractivity contribution in [3.63, 3.8) is 0 Å². The lowest BCUT2D eigenvalue weighted by atomic mass is 10.2. The van der Waals surface area contributed by atoms with Gasteiger partial charge in [-0.2, -0.15) is 14.1 Å². The average Bonchev–Trinajstić information content (AvgIpc) is 2.82. The van der Waals surface area contributed by atoms with Crippen molar-refractivity contribution in [2.45, 2.75) is 52.4 Å². The van der Waals surface area contributed by atoms with Crippen LogP contribution in [0.1, 0.15) is 52.4 Å². The third-order valence-corrected chi connectivity index (χ3v) is 7.92. The van der Waals surface area contributed by atoms with E-state index in [-0.39, 0.29) is 17.1 Å². The zero-order valence-corrected chi connectivity index (χ0v) is 20.6. The van der Waals surface area contributed by atoms with E-state index in [9.17, 15) is 13.2 Å². The Bertz CT molecular complexity index is 1030. The summed E-state index contributed by atoms with van der Waals surface area (Å²) in [6, 6.07) is 9.28. The third-order valence-electron chi connectivity index (χ3n) is 5.84. The van der Waals surface area contributed by atoms with Crippen molar-refractivity contribution in [3.05, 3.63) is 46.9 Å². The SMILES string of the molecule is CCCCCCCOc1c(N2CCN(S(=O)(=O)CCC)CC2)cnn(-c2ccccc2)c1=O. The summed E-state index contributed by atoms with van der Waals surface area (Å²) in [5.41, 5.74) is 1.01. The van der Waals surface area contributed by atoms with Crippen LogP contribution in [0.25, 0.3) is 5.69 Å². The van der Waals surface area contributed by atoms with Gasteiger partial charge in [-0.3, -0.25) is 4.79 Å². The first-order valence-corrected chi connectivity index (χ1v) is 13.6. The number of hydrogen-bond acceptors (Lipinski definition) is 6. The highest BCUT2D eigenvalue weighted by atomic mass is 32.2. The number of para-hydroxylation sites is 1. The van der Waals surface area contributed by atoms with Gasteiger partial charge in [-0.25, -0.2) is 8.42 Å². The van der Waals surface area contributed by atoms with Gasteiger partial charge < -0.3 is 9.64 Å². The van der Waals surface area contributed by atoms with E-state index in [2.05, 4.69) is 12.0 Å². The lowest BCUT2D eigenvalue weighted by Crippen LogP contribution is -2.49. The number of unbranched alkanes of at least 4 members (excludes halogenated alkanes) is 4. The largest absolute Gasteiger partial charge is 0.486 e. The quantitative estimate of drug-likeness (QED) is 0.436. The normalized spacial score (nSPS) is 15.0. The molecule has 0 radical (unpaired) electrons. The first-order valence-electron chi connectivity index (χ1n) is 12.0. The van der Waals surface area contributed by atoms with Crippen LogP contribution in [0.4, 0.5) is 5.69 Å². The van der Waals surface area contributed by atoms with E-state index in [1.54, 1.807) is 10.5 Å². The molecule has 0 saturated carbocycles. The van der Waals surface area contributed by atoms with Gasteiger partial charge >= 0.3 is 5.56 Å². The fraction of sp³-hybridized carbons (Fsp3) is 0.583. The molecule has 1 aromatic carbocycles. The zero-order valence-electron chi connectivity index (χ0n) is 19.8. The number of anilines is 1. The smallest absolute Gasteiger partial charge is 0.316 e. The van der Waals surface area contributed by atoms with Crippen molar-refractivity contribution >= 4 is 15.7 Å². The van der Waals surface area contributed by atoms with Crippen LogP contribution in [0.15, 0.2) is 41.3 Å². The van der Waals surface area contributed by atoms with Gasteiger partial charge in [-0.05, 0) is 25.0 Å². The summed E-state index contributed by atoms with van der Waals surface area (Å²) < 4.78 is 33.8. The van der Waals surface area contributed by atoms with Gasteiger partial charge in [0.2, 0.25) is 15.8 Å². The fourth-order valence-corrected chi connectivity index (χ4v) is 5.51. The van der Waals surface area contributed by atoms with E-state index in [0.29, 0.717) is 50.6 Å². The molecule has 1 fully saturated rings. The molecular formula is C24H36N4O4S. The van der Waals surface area contributed by atoms with Crippen molar-refractivity contribution in [1.29, 1.82) is 0 Å². The van der Waals surface area contributed by atoms with Gasteiger partial charge in [-0.1, -0.05) is 57.7 Å². The zero-order chi connectivity index (χ0) is 23.7. The number of nitrogens with zero attached hydrogens (tertiary/aromatic N) is 4. The van der Waals surface area contributed by atoms with Crippen molar-refractivity contribution < 1.29 is 13.2 Å². The molecule has 0 N–H and O–H groups in total. The summed E-state index contributed by atoms with van der Waals surface area (Å²) in [4.78, 5) is 15.4. The van der Waals surface area contributed by atoms with Crippen LogP contribution < -0.4 is 15.2 Å². The highest BCUT2D eigenvalue weighted by molar-refractivity contribution is 7.89. The maximum atomic E-state index is 13.4. The average molecular weight is 477 g/mol. The molecule has 33 heavy (non-hydrogen) atoms. The molecule has 0 atom stereocenters. The van der Waals surface area contributed by atoms with Crippen LogP contribution in [0, 0.1) is 0 Å². The second kappa shape index (κ2) is 12.2. The maximum absolute atomic E-state index is 13.4. The minimum atomic E-state index is -3.23. The molecule has 0 unspecified atom stereocenters. The Kier molecular flexibility index (Phi) is 9.31. The molecule has 1 aliphatic rings. The predicted octanol–water partition coefficient (Wildman–Crippen LogP) is 3.44. The van der Waals surface area contributed by atoms with E-state index in [1.807, 2.05) is 42.2 Å². The number of piperazine rings is 1. The minimum absolute atomic E-state index is 0.161. The maximum Gasteiger partial charge on any atom is 0.316 e. The number of ether oxygens (including phenoxy) is 1. The fourth-order valence-electron chi connectivity index (χ4n) is 4.02. The number of rotatable bonds is 12.